The van der Waals surface area contributed by atoms with Gasteiger partial charge in [0.25, 0.3) is 5.91 Å². The van der Waals surface area contributed by atoms with Crippen molar-refractivity contribution in [2.75, 3.05) is 5.32 Å². The molecular weight excluding hydrogens is 516 g/mol. The highest BCUT2D eigenvalue weighted by Crippen LogP contribution is 2.29. The van der Waals surface area contributed by atoms with E-state index in [0.29, 0.717) is 29.7 Å². The number of fused-ring (bicyclic) bond motifs is 1. The summed E-state index contributed by atoms with van der Waals surface area (Å²) in [5.74, 6) is -0.559. The molecule has 0 saturated carbocycles. The van der Waals surface area contributed by atoms with Gasteiger partial charge in [-0.05, 0) is 73.0 Å². The lowest BCUT2D eigenvalue weighted by Crippen LogP contribution is -2.24. The van der Waals surface area contributed by atoms with Crippen molar-refractivity contribution in [3.05, 3.63) is 130 Å². The van der Waals surface area contributed by atoms with E-state index in [2.05, 4.69) is 27.1 Å². The van der Waals surface area contributed by atoms with Gasteiger partial charge in [0.15, 0.2) is 0 Å². The Morgan fingerprint density at radius 3 is 2.20 bits per heavy atom. The topological polar surface area (TPSA) is 109 Å². The lowest BCUT2D eigenvalue weighted by atomic mass is 10.1. The number of phenolic OH excluding ortho intramolecular Hbond substituents is 1. The smallest absolute Gasteiger partial charge is 0.349 e. The Morgan fingerprint density at radius 1 is 0.902 bits per heavy atom. The molecule has 0 saturated heterocycles. The molecule has 0 aliphatic heterocycles. The SMILES string of the molecule is CCCCc1ccc(NC(=O)c2cc3ccc(O)c(CN(Cc4ccccn4)Cc4ccccn4)c3oc2=O)cc1. The summed E-state index contributed by atoms with van der Waals surface area (Å²) in [5, 5.41) is 14.2. The number of aromatic hydroxyl groups is 1. The first-order chi connectivity index (χ1) is 20.0. The van der Waals surface area contributed by atoms with Crippen LogP contribution in [0.15, 0.2) is 100 Å². The second kappa shape index (κ2) is 13.0. The van der Waals surface area contributed by atoms with Crippen LogP contribution in [0.1, 0.15) is 52.6 Å². The third-order valence-electron chi connectivity index (χ3n) is 6.86. The molecule has 3 heterocycles. The van der Waals surface area contributed by atoms with Gasteiger partial charge in [0.1, 0.15) is 16.9 Å². The minimum absolute atomic E-state index is 0.00643. The molecule has 0 fully saturated rings. The predicted octanol–water partition coefficient (Wildman–Crippen LogP) is 6.09. The number of hydrogen-bond acceptors (Lipinski definition) is 7. The molecule has 0 atom stereocenters. The molecule has 2 N–H and O–H groups in total. The van der Waals surface area contributed by atoms with Crippen molar-refractivity contribution in [2.45, 2.75) is 45.8 Å². The minimum Gasteiger partial charge on any atom is -0.507 e. The average molecular weight is 549 g/mol. The minimum atomic E-state index is -0.776. The van der Waals surface area contributed by atoms with Gasteiger partial charge >= 0.3 is 5.63 Å². The zero-order chi connectivity index (χ0) is 28.6. The van der Waals surface area contributed by atoms with Crippen LogP contribution < -0.4 is 10.9 Å². The van der Waals surface area contributed by atoms with Crippen molar-refractivity contribution in [3.8, 4) is 5.75 Å². The van der Waals surface area contributed by atoms with Crippen molar-refractivity contribution >= 4 is 22.6 Å². The van der Waals surface area contributed by atoms with Gasteiger partial charge in [0, 0.05) is 43.1 Å². The molecule has 5 rings (SSSR count). The van der Waals surface area contributed by atoms with Crippen LogP contribution in [-0.2, 0) is 26.1 Å². The number of unbranched alkanes of at least 4 members (excludes halogenated alkanes) is 1. The average Bonchev–Trinajstić information content (AvgIpc) is 2.99. The summed E-state index contributed by atoms with van der Waals surface area (Å²) >= 11 is 0. The van der Waals surface area contributed by atoms with Gasteiger partial charge in [-0.2, -0.15) is 0 Å². The Morgan fingerprint density at radius 2 is 1.59 bits per heavy atom. The van der Waals surface area contributed by atoms with Gasteiger partial charge < -0.3 is 14.8 Å². The van der Waals surface area contributed by atoms with E-state index in [1.54, 1.807) is 24.5 Å². The molecule has 0 aliphatic carbocycles. The number of carbonyl (C=O) groups excluding carboxylic acids is 1. The maximum Gasteiger partial charge on any atom is 0.349 e. The van der Waals surface area contributed by atoms with E-state index in [1.807, 2.05) is 60.7 Å². The molecule has 3 aromatic heterocycles. The van der Waals surface area contributed by atoms with Crippen molar-refractivity contribution in [3.63, 3.8) is 0 Å². The Labute approximate surface area is 238 Å². The fraction of sp³-hybridized carbons (Fsp3) is 0.212. The standard InChI is InChI=1S/C33H32N4O4/c1-2-3-8-23-11-14-25(15-12-23)36-32(39)28-19-24-13-16-30(38)29(31(24)41-33(28)40)22-37(20-26-9-4-6-17-34-26)21-27-10-5-7-18-35-27/h4-7,9-19,38H,2-3,8,20-22H2,1H3,(H,36,39). The molecule has 208 valence electrons. The number of pyridine rings is 2. The van der Waals surface area contributed by atoms with E-state index < -0.39 is 11.5 Å². The first-order valence-electron chi connectivity index (χ1n) is 13.7. The number of benzene rings is 2. The van der Waals surface area contributed by atoms with Crippen LogP contribution in [0.5, 0.6) is 5.75 Å². The monoisotopic (exact) mass is 548 g/mol. The third-order valence-corrected chi connectivity index (χ3v) is 6.86. The second-order valence-electron chi connectivity index (χ2n) is 9.97. The van der Waals surface area contributed by atoms with Crippen molar-refractivity contribution in [2.24, 2.45) is 0 Å². The molecule has 0 spiro atoms. The summed E-state index contributed by atoms with van der Waals surface area (Å²) < 4.78 is 5.69. The number of carbonyl (C=O) groups is 1. The first-order valence-corrected chi connectivity index (χ1v) is 13.7. The molecule has 0 aliphatic rings. The molecule has 41 heavy (non-hydrogen) atoms. The summed E-state index contributed by atoms with van der Waals surface area (Å²) in [5.41, 5.74) is 3.29. The normalized spacial score (nSPS) is 11.2. The second-order valence-corrected chi connectivity index (χ2v) is 9.97. The molecule has 5 aromatic rings. The lowest BCUT2D eigenvalue weighted by molar-refractivity contribution is 0.102. The van der Waals surface area contributed by atoms with Crippen molar-refractivity contribution in [1.29, 1.82) is 0 Å². The van der Waals surface area contributed by atoms with E-state index in [1.165, 1.54) is 11.6 Å². The van der Waals surface area contributed by atoms with Crippen LogP contribution in [0, 0.1) is 0 Å². The highest BCUT2D eigenvalue weighted by molar-refractivity contribution is 6.05. The number of aromatic nitrogens is 2. The van der Waals surface area contributed by atoms with Gasteiger partial charge in [0.05, 0.1) is 17.0 Å². The molecule has 0 bridgehead atoms. The highest BCUT2D eigenvalue weighted by Gasteiger charge is 2.20. The number of anilines is 1. The summed E-state index contributed by atoms with van der Waals surface area (Å²) in [4.78, 5) is 37.0. The molecule has 8 heteroatoms. The number of phenols is 1. The van der Waals surface area contributed by atoms with Gasteiger partial charge in [-0.25, -0.2) is 4.79 Å². The number of nitrogens with one attached hydrogen (secondary N) is 1. The van der Waals surface area contributed by atoms with Gasteiger partial charge in [0.2, 0.25) is 0 Å². The zero-order valence-electron chi connectivity index (χ0n) is 22.9. The molecule has 8 nitrogen and oxygen atoms in total. The molecule has 0 unspecified atom stereocenters. The van der Waals surface area contributed by atoms with Crippen molar-refractivity contribution < 1.29 is 14.3 Å². The number of rotatable bonds is 11. The predicted molar refractivity (Wildman–Crippen MR) is 159 cm³/mol. The highest BCUT2D eigenvalue weighted by atomic mass is 16.4. The maximum absolute atomic E-state index is 13.0. The van der Waals surface area contributed by atoms with Crippen LogP contribution in [-0.4, -0.2) is 25.9 Å². The Hall–Kier alpha value is -4.82. The molecule has 1 amide bonds. The van der Waals surface area contributed by atoms with Crippen LogP contribution in [0.2, 0.25) is 0 Å². The largest absolute Gasteiger partial charge is 0.507 e. The fourth-order valence-electron chi connectivity index (χ4n) is 4.71. The van der Waals surface area contributed by atoms with Crippen LogP contribution in [0.3, 0.4) is 0 Å². The lowest BCUT2D eigenvalue weighted by Gasteiger charge is -2.22. The summed E-state index contributed by atoms with van der Waals surface area (Å²) in [6, 6.07) is 23.7. The molecule has 0 radical (unpaired) electrons. The molecule has 2 aromatic carbocycles. The van der Waals surface area contributed by atoms with E-state index in [-0.39, 0.29) is 23.4 Å². The maximum atomic E-state index is 13.0. The van der Waals surface area contributed by atoms with Crippen LogP contribution >= 0.6 is 0 Å². The Balaban J connectivity index is 1.41. The number of amides is 1. The van der Waals surface area contributed by atoms with E-state index in [9.17, 15) is 14.7 Å². The van der Waals surface area contributed by atoms with Crippen molar-refractivity contribution in [1.82, 2.24) is 14.9 Å². The number of hydrogen-bond donors (Lipinski definition) is 2. The third kappa shape index (κ3) is 7.04. The van der Waals surface area contributed by atoms with E-state index in [4.69, 9.17) is 4.42 Å². The molecular formula is C33H32N4O4. The fourth-order valence-corrected chi connectivity index (χ4v) is 4.71. The summed E-state index contributed by atoms with van der Waals surface area (Å²) in [7, 11) is 0. The Kier molecular flexibility index (Phi) is 8.81. The van der Waals surface area contributed by atoms with Crippen LogP contribution in [0.25, 0.3) is 11.0 Å². The van der Waals surface area contributed by atoms with E-state index in [0.717, 1.165) is 30.7 Å². The van der Waals surface area contributed by atoms with Gasteiger partial charge in [-0.1, -0.05) is 37.6 Å². The van der Waals surface area contributed by atoms with Gasteiger partial charge in [-0.15, -0.1) is 0 Å². The quantitative estimate of drug-likeness (QED) is 0.192. The first kappa shape index (κ1) is 27.7. The Bertz CT molecular complexity index is 1630. The number of nitrogens with zero attached hydrogens (tertiary/aromatic N) is 3. The summed E-state index contributed by atoms with van der Waals surface area (Å²) in [6.07, 6.45) is 6.66. The van der Waals surface area contributed by atoms with Gasteiger partial charge in [-0.3, -0.25) is 19.7 Å². The van der Waals surface area contributed by atoms with Crippen LogP contribution in [0.4, 0.5) is 5.69 Å². The number of aryl methyl sites for hydroxylation is 1. The zero-order valence-corrected chi connectivity index (χ0v) is 22.9. The summed E-state index contributed by atoms with van der Waals surface area (Å²) in [6.45, 7) is 3.37. The van der Waals surface area contributed by atoms with E-state index >= 15 is 0 Å².